The van der Waals surface area contributed by atoms with Crippen LogP contribution in [0.5, 0.6) is 0 Å². The van der Waals surface area contributed by atoms with Crippen molar-refractivity contribution in [1.82, 2.24) is 5.32 Å². The zero-order chi connectivity index (χ0) is 15.6. The van der Waals surface area contributed by atoms with Crippen molar-refractivity contribution < 1.29 is 23.1 Å². The summed E-state index contributed by atoms with van der Waals surface area (Å²) in [7, 11) is 0. The predicted octanol–water partition coefficient (Wildman–Crippen LogP) is 2.92. The van der Waals surface area contributed by atoms with Crippen LogP contribution in [0.15, 0.2) is 6.07 Å². The average Bonchev–Trinajstić information content (AvgIpc) is 2.85. The Morgan fingerprint density at radius 2 is 2.29 bits per heavy atom. The molecule has 21 heavy (non-hydrogen) atoms. The molecule has 2 unspecified atom stereocenters. The number of hydrogen-bond donors (Lipinski definition) is 2. The molecule has 7 heteroatoms. The van der Waals surface area contributed by atoms with Crippen molar-refractivity contribution in [2.24, 2.45) is 5.92 Å². The molecule has 0 bridgehead atoms. The Balaban J connectivity index is 1.97. The molecule has 1 aliphatic rings. The Kier molecular flexibility index (Phi) is 4.93. The van der Waals surface area contributed by atoms with Gasteiger partial charge in [-0.05, 0) is 36.8 Å². The topological polar surface area (TPSA) is 49.3 Å². The molecule has 0 saturated heterocycles. The summed E-state index contributed by atoms with van der Waals surface area (Å²) < 4.78 is 36.5. The molecule has 1 aliphatic carbocycles. The Morgan fingerprint density at radius 1 is 1.57 bits per heavy atom. The van der Waals surface area contributed by atoms with E-state index < -0.39 is 24.7 Å². The van der Waals surface area contributed by atoms with Crippen LogP contribution in [0.25, 0.3) is 0 Å². The van der Waals surface area contributed by atoms with Crippen LogP contribution < -0.4 is 5.32 Å². The van der Waals surface area contributed by atoms with Crippen molar-refractivity contribution in [3.8, 4) is 0 Å². The summed E-state index contributed by atoms with van der Waals surface area (Å²) in [5.74, 6) is 0.0702. The maximum absolute atomic E-state index is 12.2. The number of halogens is 3. The summed E-state index contributed by atoms with van der Waals surface area (Å²) in [4.78, 5) is 13.4. The number of rotatable bonds is 4. The van der Waals surface area contributed by atoms with Crippen molar-refractivity contribution in [3.05, 3.63) is 21.4 Å². The number of aryl methyl sites for hydroxylation is 1. The number of thiophene rings is 1. The molecule has 118 valence electrons. The van der Waals surface area contributed by atoms with Crippen LogP contribution in [0.4, 0.5) is 13.2 Å². The van der Waals surface area contributed by atoms with E-state index in [4.69, 9.17) is 5.11 Å². The number of carbonyl (C=O) groups excluding carboxylic acids is 1. The second-order valence-corrected chi connectivity index (χ2v) is 6.48. The smallest absolute Gasteiger partial charge is 0.382 e. The van der Waals surface area contributed by atoms with Gasteiger partial charge in [0.05, 0.1) is 11.4 Å². The van der Waals surface area contributed by atoms with Crippen molar-refractivity contribution in [1.29, 1.82) is 0 Å². The van der Waals surface area contributed by atoms with Crippen molar-refractivity contribution in [3.63, 3.8) is 0 Å². The predicted molar refractivity (Wildman–Crippen MR) is 74.5 cm³/mol. The zero-order valence-electron chi connectivity index (χ0n) is 11.7. The van der Waals surface area contributed by atoms with Crippen LogP contribution in [0.1, 0.15) is 39.9 Å². The summed E-state index contributed by atoms with van der Waals surface area (Å²) in [5, 5.41) is 11.0. The maximum Gasteiger partial charge on any atom is 0.416 e. The number of fused-ring (bicyclic) bond motifs is 1. The fourth-order valence-corrected chi connectivity index (χ4v) is 3.58. The molecule has 2 N–H and O–H groups in total. The largest absolute Gasteiger partial charge is 0.416 e. The summed E-state index contributed by atoms with van der Waals surface area (Å²) in [6.45, 7) is 1.32. The molecule has 2 atom stereocenters. The minimum absolute atomic E-state index is 0.422. The first-order valence-electron chi connectivity index (χ1n) is 6.95. The number of amides is 1. The third-order valence-corrected chi connectivity index (χ3v) is 5.06. The van der Waals surface area contributed by atoms with E-state index in [1.807, 2.05) is 0 Å². The lowest BCUT2D eigenvalue weighted by Crippen LogP contribution is -2.40. The van der Waals surface area contributed by atoms with Crippen molar-refractivity contribution in [2.45, 2.75) is 44.9 Å². The van der Waals surface area contributed by atoms with E-state index >= 15 is 0 Å². The van der Waals surface area contributed by atoms with Gasteiger partial charge in [-0.25, -0.2) is 0 Å². The van der Waals surface area contributed by atoms with Gasteiger partial charge < -0.3 is 10.4 Å². The molecule has 0 aromatic carbocycles. The van der Waals surface area contributed by atoms with Crippen LogP contribution in [0, 0.1) is 5.92 Å². The summed E-state index contributed by atoms with van der Waals surface area (Å²) in [6.07, 6.45) is -3.19. The monoisotopic (exact) mass is 321 g/mol. The fourth-order valence-electron chi connectivity index (χ4n) is 2.45. The highest BCUT2D eigenvalue weighted by Crippen LogP contribution is 2.33. The van der Waals surface area contributed by atoms with Crippen LogP contribution in [-0.4, -0.2) is 29.8 Å². The number of aliphatic hydroxyl groups is 1. The van der Waals surface area contributed by atoms with Crippen molar-refractivity contribution in [2.75, 3.05) is 6.54 Å². The van der Waals surface area contributed by atoms with Crippen LogP contribution in [0.3, 0.4) is 0 Å². The Bertz CT molecular complexity index is 513. The minimum atomic E-state index is -4.71. The lowest BCUT2D eigenvalue weighted by molar-refractivity contribution is -0.201. The zero-order valence-corrected chi connectivity index (χ0v) is 12.5. The fraction of sp³-hybridized carbons (Fsp3) is 0.643. The van der Waals surface area contributed by atoms with Crippen LogP contribution >= 0.6 is 11.3 Å². The SMILES string of the molecule is CCC1CCc2sc(C(=O)NCC(O)C(F)(F)F)cc2C1. The first kappa shape index (κ1) is 16.3. The third-order valence-electron chi connectivity index (χ3n) is 3.82. The molecule has 1 aromatic heterocycles. The number of alkyl halides is 3. The summed E-state index contributed by atoms with van der Waals surface area (Å²) >= 11 is 1.34. The van der Waals surface area contributed by atoms with E-state index in [0.29, 0.717) is 10.8 Å². The van der Waals surface area contributed by atoms with Crippen LogP contribution in [-0.2, 0) is 12.8 Å². The van der Waals surface area contributed by atoms with E-state index in [1.165, 1.54) is 11.3 Å². The normalized spacial score (nSPS) is 20.0. The van der Waals surface area contributed by atoms with Gasteiger partial charge >= 0.3 is 6.18 Å². The van der Waals surface area contributed by atoms with Gasteiger partial charge in [0.15, 0.2) is 6.10 Å². The summed E-state index contributed by atoms with van der Waals surface area (Å²) in [6, 6.07) is 1.77. The molecule has 1 aromatic rings. The maximum atomic E-state index is 12.2. The number of hydrogen-bond acceptors (Lipinski definition) is 3. The van der Waals surface area contributed by atoms with Gasteiger partial charge in [0.25, 0.3) is 5.91 Å². The van der Waals surface area contributed by atoms with Gasteiger partial charge in [0.2, 0.25) is 0 Å². The number of aliphatic hydroxyl groups excluding tert-OH is 1. The van der Waals surface area contributed by atoms with Gasteiger partial charge in [-0.2, -0.15) is 13.2 Å². The highest BCUT2D eigenvalue weighted by molar-refractivity contribution is 7.14. The highest BCUT2D eigenvalue weighted by atomic mass is 32.1. The first-order chi connectivity index (χ1) is 9.81. The van der Waals surface area contributed by atoms with E-state index in [9.17, 15) is 18.0 Å². The molecule has 0 saturated carbocycles. The molecule has 0 spiro atoms. The van der Waals surface area contributed by atoms with Gasteiger partial charge in [-0.1, -0.05) is 13.3 Å². The standard InChI is InChI=1S/C14H18F3NO2S/c1-2-8-3-4-10-9(5-8)6-11(21-10)13(20)18-7-12(19)14(15,16)17/h6,8,12,19H,2-5,7H2,1H3,(H,18,20). The van der Waals surface area contributed by atoms with Crippen LogP contribution in [0.2, 0.25) is 0 Å². The number of carbonyl (C=O) groups is 1. The third kappa shape index (κ3) is 3.97. The summed E-state index contributed by atoms with van der Waals surface area (Å²) in [5.41, 5.74) is 1.14. The van der Waals surface area contributed by atoms with E-state index in [1.54, 1.807) is 6.07 Å². The molecule has 0 radical (unpaired) electrons. The Hall–Kier alpha value is -1.08. The quantitative estimate of drug-likeness (QED) is 0.896. The highest BCUT2D eigenvalue weighted by Gasteiger charge is 2.38. The van der Waals surface area contributed by atoms with E-state index in [2.05, 4.69) is 12.2 Å². The van der Waals surface area contributed by atoms with Gasteiger partial charge in [-0.15, -0.1) is 11.3 Å². The molecule has 3 nitrogen and oxygen atoms in total. The molecular weight excluding hydrogens is 303 g/mol. The minimum Gasteiger partial charge on any atom is -0.382 e. The molecule has 2 rings (SSSR count). The molecule has 1 heterocycles. The molecule has 0 aliphatic heterocycles. The first-order valence-corrected chi connectivity index (χ1v) is 7.77. The number of nitrogens with one attached hydrogen (secondary N) is 1. The van der Waals surface area contributed by atoms with Gasteiger partial charge in [0.1, 0.15) is 0 Å². The van der Waals surface area contributed by atoms with E-state index in [-0.39, 0.29) is 0 Å². The molecule has 0 fully saturated rings. The second-order valence-electron chi connectivity index (χ2n) is 5.34. The van der Waals surface area contributed by atoms with E-state index in [0.717, 1.165) is 36.1 Å². The average molecular weight is 321 g/mol. The Labute approximate surface area is 125 Å². The second kappa shape index (κ2) is 6.36. The van der Waals surface area contributed by atoms with Gasteiger partial charge in [-0.3, -0.25) is 4.79 Å². The molecule has 1 amide bonds. The van der Waals surface area contributed by atoms with Gasteiger partial charge in [0, 0.05) is 4.88 Å². The van der Waals surface area contributed by atoms with Crippen molar-refractivity contribution >= 4 is 17.2 Å². The Morgan fingerprint density at radius 3 is 2.90 bits per heavy atom. The molecular formula is C14H18F3NO2S. The lowest BCUT2D eigenvalue weighted by atomic mass is 9.87. The lowest BCUT2D eigenvalue weighted by Gasteiger charge is -2.19.